The third-order valence-corrected chi connectivity index (χ3v) is 4.67. The van der Waals surface area contributed by atoms with Crippen LogP contribution in [0.1, 0.15) is 17.8 Å². The summed E-state index contributed by atoms with van der Waals surface area (Å²) in [4.78, 5) is 24.6. The molecule has 2 heterocycles. The number of ether oxygens (including phenoxy) is 1. The number of carbonyl (C=O) groups is 2. The van der Waals surface area contributed by atoms with Crippen LogP contribution in [-0.2, 0) is 14.3 Å². The summed E-state index contributed by atoms with van der Waals surface area (Å²) in [5, 5.41) is 6.28. The average Bonchev–Trinajstić information content (AvgIpc) is 2.82. The standard InChI is InChI=1S/C12H11BrN2O3S2/c1-5-8(10(16)11(17)18-2)9(15-12(19)14-5)6-3-4-7(13)20-6/h3-4,9H,1-2H3,(H2,14,15,19)/t9-/m0/s1. The van der Waals surface area contributed by atoms with E-state index in [9.17, 15) is 9.59 Å². The number of hydrogen-bond donors (Lipinski definition) is 2. The van der Waals surface area contributed by atoms with Gasteiger partial charge in [0.05, 0.1) is 22.5 Å². The van der Waals surface area contributed by atoms with Crippen molar-refractivity contribution >= 4 is 56.3 Å². The number of esters is 1. The van der Waals surface area contributed by atoms with Crippen LogP contribution < -0.4 is 10.6 Å². The van der Waals surface area contributed by atoms with Gasteiger partial charge in [-0.3, -0.25) is 4.79 Å². The van der Waals surface area contributed by atoms with Crippen LogP contribution in [0.3, 0.4) is 0 Å². The Hall–Kier alpha value is -1.25. The molecule has 0 fully saturated rings. The lowest BCUT2D eigenvalue weighted by atomic mass is 9.97. The molecule has 0 aromatic carbocycles. The molecule has 20 heavy (non-hydrogen) atoms. The molecule has 0 aliphatic carbocycles. The van der Waals surface area contributed by atoms with Gasteiger partial charge in [0.1, 0.15) is 0 Å². The maximum atomic E-state index is 12.2. The molecule has 0 spiro atoms. The number of methoxy groups -OCH3 is 1. The molecule has 106 valence electrons. The van der Waals surface area contributed by atoms with Crippen LogP contribution in [-0.4, -0.2) is 24.0 Å². The number of hydrogen-bond acceptors (Lipinski definition) is 5. The highest BCUT2D eigenvalue weighted by molar-refractivity contribution is 9.11. The second kappa shape index (κ2) is 6.02. The van der Waals surface area contributed by atoms with E-state index < -0.39 is 17.8 Å². The summed E-state index contributed by atoms with van der Waals surface area (Å²) in [5.74, 6) is -1.57. The van der Waals surface area contributed by atoms with Gasteiger partial charge in [-0.15, -0.1) is 11.3 Å². The summed E-state index contributed by atoms with van der Waals surface area (Å²) in [6, 6.07) is 3.30. The third-order valence-electron chi connectivity index (χ3n) is 2.76. The number of halogens is 1. The minimum absolute atomic E-state index is 0.319. The highest BCUT2D eigenvalue weighted by Crippen LogP contribution is 2.34. The van der Waals surface area contributed by atoms with Crippen LogP contribution in [0.2, 0.25) is 0 Å². The van der Waals surface area contributed by atoms with Crippen LogP contribution in [0.15, 0.2) is 27.2 Å². The molecule has 1 aliphatic heterocycles. The number of ketones is 1. The molecule has 1 aliphatic rings. The minimum Gasteiger partial charge on any atom is -0.463 e. The Kier molecular flexibility index (Phi) is 4.56. The fourth-order valence-corrected chi connectivity index (χ4v) is 3.65. The van der Waals surface area contributed by atoms with Gasteiger partial charge in [0.15, 0.2) is 5.11 Å². The van der Waals surface area contributed by atoms with Crippen molar-refractivity contribution < 1.29 is 14.3 Å². The summed E-state index contributed by atoms with van der Waals surface area (Å²) in [5.41, 5.74) is 0.874. The molecule has 0 unspecified atom stereocenters. The summed E-state index contributed by atoms with van der Waals surface area (Å²) < 4.78 is 5.44. The van der Waals surface area contributed by atoms with Gasteiger partial charge in [0.2, 0.25) is 0 Å². The largest absolute Gasteiger partial charge is 0.463 e. The molecule has 5 nitrogen and oxygen atoms in total. The van der Waals surface area contributed by atoms with E-state index in [4.69, 9.17) is 12.2 Å². The van der Waals surface area contributed by atoms with E-state index in [0.717, 1.165) is 8.66 Å². The van der Waals surface area contributed by atoms with E-state index in [-0.39, 0.29) is 0 Å². The Balaban J connectivity index is 2.47. The normalized spacial score (nSPS) is 18.4. The lowest BCUT2D eigenvalue weighted by Gasteiger charge is -2.28. The SMILES string of the molecule is COC(=O)C(=O)C1=C(C)NC(=S)N[C@H]1c1ccc(Br)s1. The zero-order valence-corrected chi connectivity index (χ0v) is 13.9. The molecule has 0 bridgehead atoms. The van der Waals surface area contributed by atoms with E-state index in [1.165, 1.54) is 18.4 Å². The van der Waals surface area contributed by atoms with Gasteiger partial charge >= 0.3 is 5.97 Å². The highest BCUT2D eigenvalue weighted by Gasteiger charge is 2.34. The van der Waals surface area contributed by atoms with Crippen molar-refractivity contribution in [2.24, 2.45) is 0 Å². The average molecular weight is 375 g/mol. The molecule has 1 aromatic heterocycles. The quantitative estimate of drug-likeness (QED) is 0.479. The highest BCUT2D eigenvalue weighted by atomic mass is 79.9. The molecule has 0 radical (unpaired) electrons. The van der Waals surface area contributed by atoms with Crippen LogP contribution in [0.5, 0.6) is 0 Å². The maximum Gasteiger partial charge on any atom is 0.379 e. The summed E-state index contributed by atoms with van der Waals surface area (Å²) >= 11 is 9.95. The zero-order valence-electron chi connectivity index (χ0n) is 10.7. The second-order valence-electron chi connectivity index (χ2n) is 4.03. The lowest BCUT2D eigenvalue weighted by Crippen LogP contribution is -2.45. The Morgan fingerprint density at radius 3 is 2.70 bits per heavy atom. The number of Topliss-reactive ketones (excluding diaryl/α,β-unsaturated/α-hetero) is 1. The molecule has 1 aromatic rings. The predicted molar refractivity (Wildman–Crippen MR) is 83.4 cm³/mol. The number of allylic oxidation sites excluding steroid dienone is 1. The number of thiocarbonyl (C=S) groups is 1. The fraction of sp³-hybridized carbons (Fsp3) is 0.250. The topological polar surface area (TPSA) is 67.4 Å². The Morgan fingerprint density at radius 2 is 2.15 bits per heavy atom. The van der Waals surface area contributed by atoms with Crippen molar-refractivity contribution in [2.45, 2.75) is 13.0 Å². The number of carbonyl (C=O) groups excluding carboxylic acids is 2. The van der Waals surface area contributed by atoms with Gasteiger partial charge in [-0.25, -0.2) is 4.79 Å². The first kappa shape index (κ1) is 15.1. The maximum absolute atomic E-state index is 12.2. The zero-order chi connectivity index (χ0) is 14.9. The monoisotopic (exact) mass is 374 g/mol. The summed E-state index contributed by atoms with van der Waals surface area (Å²) in [7, 11) is 1.18. The molecule has 8 heteroatoms. The van der Waals surface area contributed by atoms with Crippen molar-refractivity contribution in [2.75, 3.05) is 7.11 Å². The third kappa shape index (κ3) is 2.92. The van der Waals surface area contributed by atoms with E-state index in [0.29, 0.717) is 16.4 Å². The first-order chi connectivity index (χ1) is 9.43. The molecule has 0 saturated heterocycles. The van der Waals surface area contributed by atoms with Gasteiger partial charge in [0.25, 0.3) is 5.78 Å². The van der Waals surface area contributed by atoms with E-state index in [1.807, 2.05) is 12.1 Å². The molecular formula is C12H11BrN2O3S2. The first-order valence-electron chi connectivity index (χ1n) is 5.60. The lowest BCUT2D eigenvalue weighted by molar-refractivity contribution is -0.150. The summed E-state index contributed by atoms with van der Waals surface area (Å²) in [6.07, 6.45) is 0. The first-order valence-corrected chi connectivity index (χ1v) is 7.62. The van der Waals surface area contributed by atoms with Crippen molar-refractivity contribution in [3.05, 3.63) is 32.1 Å². The van der Waals surface area contributed by atoms with Gasteiger partial charge in [-0.05, 0) is 47.2 Å². The number of rotatable bonds is 3. The van der Waals surface area contributed by atoms with E-state index in [1.54, 1.807) is 6.92 Å². The van der Waals surface area contributed by atoms with E-state index in [2.05, 4.69) is 31.3 Å². The molecule has 0 amide bonds. The fourth-order valence-electron chi connectivity index (χ4n) is 1.89. The molecule has 2 N–H and O–H groups in total. The number of nitrogens with one attached hydrogen (secondary N) is 2. The van der Waals surface area contributed by atoms with Crippen LogP contribution in [0.25, 0.3) is 0 Å². The second-order valence-corrected chi connectivity index (χ2v) is 6.94. The van der Waals surface area contributed by atoms with Crippen molar-refractivity contribution in [3.8, 4) is 0 Å². The smallest absolute Gasteiger partial charge is 0.379 e. The Labute approximate surface area is 133 Å². The molecule has 1 atom stereocenters. The van der Waals surface area contributed by atoms with Crippen LogP contribution in [0, 0.1) is 0 Å². The predicted octanol–water partition coefficient (Wildman–Crippen LogP) is 2.05. The number of thiophene rings is 1. The van der Waals surface area contributed by atoms with E-state index >= 15 is 0 Å². The van der Waals surface area contributed by atoms with Gasteiger partial charge in [0, 0.05) is 10.6 Å². The molecule has 0 saturated carbocycles. The summed E-state index contributed by atoms with van der Waals surface area (Å²) in [6.45, 7) is 1.71. The van der Waals surface area contributed by atoms with Crippen LogP contribution >= 0.6 is 39.5 Å². The minimum atomic E-state index is -0.892. The van der Waals surface area contributed by atoms with Gasteiger partial charge in [-0.1, -0.05) is 0 Å². The molecule has 2 rings (SSSR count). The molecular weight excluding hydrogens is 364 g/mol. The Morgan fingerprint density at radius 1 is 1.45 bits per heavy atom. The van der Waals surface area contributed by atoms with Crippen LogP contribution in [0.4, 0.5) is 0 Å². The van der Waals surface area contributed by atoms with Crippen molar-refractivity contribution in [1.82, 2.24) is 10.6 Å². The van der Waals surface area contributed by atoms with Gasteiger partial charge < -0.3 is 15.4 Å². The Bertz CT molecular complexity index is 624. The van der Waals surface area contributed by atoms with Crippen molar-refractivity contribution in [3.63, 3.8) is 0 Å². The van der Waals surface area contributed by atoms with Gasteiger partial charge in [-0.2, -0.15) is 0 Å². The van der Waals surface area contributed by atoms with Crippen molar-refractivity contribution in [1.29, 1.82) is 0 Å².